The van der Waals surface area contributed by atoms with Crippen molar-refractivity contribution in [2.24, 2.45) is 11.7 Å². The zero-order valence-corrected chi connectivity index (χ0v) is 21.3. The van der Waals surface area contributed by atoms with Crippen LogP contribution in [0.4, 0.5) is 0 Å². The number of nitrogens with two attached hydrogens (primary N) is 1. The Morgan fingerprint density at radius 2 is 1.89 bits per heavy atom. The van der Waals surface area contributed by atoms with E-state index in [1.165, 1.54) is 6.92 Å². The van der Waals surface area contributed by atoms with Gasteiger partial charge in [-0.1, -0.05) is 19.9 Å². The van der Waals surface area contributed by atoms with E-state index in [0.717, 1.165) is 5.56 Å². The summed E-state index contributed by atoms with van der Waals surface area (Å²) >= 11 is 0. The van der Waals surface area contributed by atoms with E-state index in [1.807, 2.05) is 23.1 Å². The third-order valence-electron chi connectivity index (χ3n) is 6.40. The van der Waals surface area contributed by atoms with Gasteiger partial charge in [0.2, 0.25) is 11.8 Å². The molecule has 0 aliphatic carbocycles. The van der Waals surface area contributed by atoms with E-state index >= 15 is 0 Å². The van der Waals surface area contributed by atoms with Crippen LogP contribution in [0.25, 0.3) is 0 Å². The Morgan fingerprint density at radius 3 is 2.56 bits per heavy atom. The van der Waals surface area contributed by atoms with Crippen molar-refractivity contribution in [2.75, 3.05) is 39.4 Å². The predicted molar refractivity (Wildman–Crippen MR) is 134 cm³/mol. The number of amides is 2. The first kappa shape index (κ1) is 27.9. The van der Waals surface area contributed by atoms with Gasteiger partial charge in [0.05, 0.1) is 12.1 Å². The highest BCUT2D eigenvalue weighted by molar-refractivity contribution is 5.94. The van der Waals surface area contributed by atoms with Crippen LogP contribution in [0.1, 0.15) is 32.8 Å². The maximum absolute atomic E-state index is 13.3. The molecule has 0 saturated carbocycles. The Bertz CT molecular complexity index is 924. The van der Waals surface area contributed by atoms with E-state index in [2.05, 4.69) is 16.0 Å². The quantitative estimate of drug-likeness (QED) is 0.259. The van der Waals surface area contributed by atoms with E-state index in [0.29, 0.717) is 50.9 Å². The van der Waals surface area contributed by atoms with Gasteiger partial charge in [-0.3, -0.25) is 19.3 Å². The average Bonchev–Trinajstić information content (AvgIpc) is 2.86. The van der Waals surface area contributed by atoms with Crippen molar-refractivity contribution in [3.05, 3.63) is 23.8 Å². The highest BCUT2D eigenvalue weighted by atomic mass is 16.6. The lowest BCUT2D eigenvalue weighted by Gasteiger charge is -2.36. The molecule has 11 heteroatoms. The summed E-state index contributed by atoms with van der Waals surface area (Å²) in [6.07, 6.45) is -0.886. The number of nitrogens with one attached hydrogen (secondary N) is 3. The molecule has 0 spiro atoms. The van der Waals surface area contributed by atoms with E-state index in [1.54, 1.807) is 13.8 Å². The molecule has 2 aliphatic rings. The van der Waals surface area contributed by atoms with Crippen LogP contribution in [-0.2, 0) is 20.9 Å². The third kappa shape index (κ3) is 7.16. The largest absolute Gasteiger partial charge is 0.486 e. The van der Waals surface area contributed by atoms with Gasteiger partial charge < -0.3 is 36.3 Å². The van der Waals surface area contributed by atoms with Gasteiger partial charge >= 0.3 is 0 Å². The monoisotopic (exact) mass is 505 g/mol. The second kappa shape index (κ2) is 13.0. The zero-order chi connectivity index (χ0) is 26.2. The highest BCUT2D eigenvalue weighted by Gasteiger charge is 2.35. The Morgan fingerprint density at radius 1 is 1.17 bits per heavy atom. The number of carbonyl (C=O) groups is 3. The highest BCUT2D eigenvalue weighted by Crippen LogP contribution is 2.31. The van der Waals surface area contributed by atoms with Crippen LogP contribution in [0.15, 0.2) is 18.2 Å². The second-order valence-corrected chi connectivity index (χ2v) is 9.59. The number of aliphatic hydroxyl groups excluding tert-OH is 1. The fourth-order valence-corrected chi connectivity index (χ4v) is 4.39. The lowest BCUT2D eigenvalue weighted by Crippen LogP contribution is -2.62. The molecule has 11 nitrogen and oxygen atoms in total. The van der Waals surface area contributed by atoms with Crippen molar-refractivity contribution in [1.29, 1.82) is 0 Å². The number of carbonyl (C=O) groups excluding carboxylic acids is 3. The van der Waals surface area contributed by atoms with Crippen LogP contribution < -0.4 is 31.2 Å². The molecule has 1 aromatic rings. The molecular weight excluding hydrogens is 466 g/mol. The molecule has 2 aliphatic heterocycles. The van der Waals surface area contributed by atoms with Gasteiger partial charge in [-0.2, -0.15) is 0 Å². The summed E-state index contributed by atoms with van der Waals surface area (Å²) in [5, 5.41) is 18.9. The second-order valence-electron chi connectivity index (χ2n) is 9.59. The summed E-state index contributed by atoms with van der Waals surface area (Å²) < 4.78 is 11.3. The first-order valence-electron chi connectivity index (χ1n) is 12.6. The molecule has 1 aromatic carbocycles. The minimum atomic E-state index is -1.21. The summed E-state index contributed by atoms with van der Waals surface area (Å²) in [7, 11) is 0. The van der Waals surface area contributed by atoms with Gasteiger partial charge in [-0.25, -0.2) is 0 Å². The number of aliphatic hydroxyl groups is 1. The molecule has 0 radical (unpaired) electrons. The lowest BCUT2D eigenvalue weighted by molar-refractivity contribution is -0.136. The van der Waals surface area contributed by atoms with Gasteiger partial charge in [-0.05, 0) is 37.6 Å². The third-order valence-corrected chi connectivity index (χ3v) is 6.40. The number of nitrogens with zero attached hydrogens (tertiary/aromatic N) is 1. The van der Waals surface area contributed by atoms with Crippen LogP contribution in [0.2, 0.25) is 0 Å². The van der Waals surface area contributed by atoms with Crippen molar-refractivity contribution in [3.63, 3.8) is 0 Å². The van der Waals surface area contributed by atoms with Crippen LogP contribution in [-0.4, -0.2) is 91.2 Å². The minimum absolute atomic E-state index is 0.147. The Kier molecular flexibility index (Phi) is 10.1. The molecule has 6 N–H and O–H groups in total. The molecule has 1 unspecified atom stereocenters. The summed E-state index contributed by atoms with van der Waals surface area (Å²) in [5.74, 6) is -0.0484. The van der Waals surface area contributed by atoms with Crippen molar-refractivity contribution >= 4 is 17.6 Å². The lowest BCUT2D eigenvalue weighted by atomic mass is 9.98. The van der Waals surface area contributed by atoms with Crippen LogP contribution in [0.5, 0.6) is 11.5 Å². The first-order valence-corrected chi connectivity index (χ1v) is 12.6. The molecular formula is C25H39N5O6. The fourth-order valence-electron chi connectivity index (χ4n) is 4.39. The number of piperazine rings is 1. The molecule has 200 valence electrons. The number of benzene rings is 1. The molecule has 1 saturated heterocycles. The Labute approximate surface area is 212 Å². The molecule has 2 amide bonds. The topological polar surface area (TPSA) is 155 Å². The smallest absolute Gasteiger partial charge is 0.245 e. The first-order chi connectivity index (χ1) is 17.2. The summed E-state index contributed by atoms with van der Waals surface area (Å²) in [6.45, 7) is 8.39. The number of ether oxygens (including phenoxy) is 2. The number of ketones is 1. The summed E-state index contributed by atoms with van der Waals surface area (Å²) in [4.78, 5) is 40.8. The fraction of sp³-hybridized carbons (Fsp3) is 0.640. The average molecular weight is 506 g/mol. The van der Waals surface area contributed by atoms with Gasteiger partial charge in [0, 0.05) is 32.1 Å². The van der Waals surface area contributed by atoms with Crippen LogP contribution in [0, 0.1) is 5.92 Å². The molecule has 3 rings (SSSR count). The maximum atomic E-state index is 13.3. The minimum Gasteiger partial charge on any atom is -0.486 e. The number of hydrogen-bond acceptors (Lipinski definition) is 9. The van der Waals surface area contributed by atoms with Gasteiger partial charge in [-0.15, -0.1) is 0 Å². The summed E-state index contributed by atoms with van der Waals surface area (Å²) in [5.41, 5.74) is 6.60. The molecule has 2 heterocycles. The van der Waals surface area contributed by atoms with E-state index < -0.39 is 30.1 Å². The molecule has 0 aromatic heterocycles. The van der Waals surface area contributed by atoms with E-state index in [-0.39, 0.29) is 30.6 Å². The zero-order valence-electron chi connectivity index (χ0n) is 21.3. The predicted octanol–water partition coefficient (Wildman–Crippen LogP) is -0.844. The SMILES string of the molecule is CC(C)C(=O)[C@H](CCN)NC(=O)[C@@H](NC(=O)[C@@H]1CNCCN1Cc1ccc2c(c1)OCCO2)C(C)O. The molecule has 36 heavy (non-hydrogen) atoms. The van der Waals surface area contributed by atoms with Gasteiger partial charge in [0.15, 0.2) is 17.3 Å². The molecule has 4 atom stereocenters. The number of hydrogen-bond donors (Lipinski definition) is 5. The van der Waals surface area contributed by atoms with Crippen molar-refractivity contribution in [2.45, 2.75) is 58.0 Å². The normalized spacial score (nSPS) is 20.3. The number of fused-ring (bicyclic) bond motifs is 1. The van der Waals surface area contributed by atoms with E-state index in [4.69, 9.17) is 15.2 Å². The Hall–Kier alpha value is -2.73. The van der Waals surface area contributed by atoms with Crippen molar-refractivity contribution < 1.29 is 29.0 Å². The number of rotatable bonds is 11. The molecule has 1 fully saturated rings. The molecule has 0 bridgehead atoms. The van der Waals surface area contributed by atoms with Gasteiger partial charge in [0.1, 0.15) is 25.3 Å². The van der Waals surface area contributed by atoms with Crippen LogP contribution in [0.3, 0.4) is 0 Å². The standard InChI is InChI=1S/C25H39N5O6/c1-15(2)23(32)18(6-7-26)28-25(34)22(16(3)31)29-24(33)19-13-27-8-9-30(19)14-17-4-5-20-21(12-17)36-11-10-35-20/h4-5,12,15-16,18-19,22,27,31H,6-11,13-14,26H2,1-3H3,(H,28,34)(H,29,33)/t16?,18-,19-,22-/m0/s1. The van der Waals surface area contributed by atoms with Gasteiger partial charge in [0.25, 0.3) is 0 Å². The van der Waals surface area contributed by atoms with Crippen molar-refractivity contribution in [3.8, 4) is 11.5 Å². The number of Topliss-reactive ketones (excluding diaryl/α,β-unsaturated/α-hetero) is 1. The Balaban J connectivity index is 1.68. The maximum Gasteiger partial charge on any atom is 0.245 e. The van der Waals surface area contributed by atoms with E-state index in [9.17, 15) is 19.5 Å². The van der Waals surface area contributed by atoms with Crippen LogP contribution >= 0.6 is 0 Å². The van der Waals surface area contributed by atoms with Crippen molar-refractivity contribution in [1.82, 2.24) is 20.9 Å². The summed E-state index contributed by atoms with van der Waals surface area (Å²) in [6, 6.07) is 3.18.